The fraction of sp³-hybridized carbons (Fsp3) is 0.167. The van der Waals surface area contributed by atoms with E-state index < -0.39 is 17.9 Å². The van der Waals surface area contributed by atoms with Crippen LogP contribution in [0.15, 0.2) is 6.07 Å². The van der Waals surface area contributed by atoms with E-state index in [1.807, 2.05) is 0 Å². The van der Waals surface area contributed by atoms with Gasteiger partial charge in [-0.25, -0.2) is 18.2 Å². The van der Waals surface area contributed by atoms with Crippen molar-refractivity contribution in [3.8, 4) is 0 Å². The summed E-state index contributed by atoms with van der Waals surface area (Å²) < 4.78 is 36.7. The number of pyridine rings is 1. The van der Waals surface area contributed by atoms with E-state index in [-0.39, 0.29) is 8.72 Å². The second kappa shape index (κ2) is 3.78. The van der Waals surface area contributed by atoms with Gasteiger partial charge in [0.2, 0.25) is 0 Å². The molecule has 0 aromatic carbocycles. The van der Waals surface area contributed by atoms with E-state index in [9.17, 15) is 13.2 Å². The Labute approximate surface area is 85.1 Å². The second-order valence-corrected chi connectivity index (χ2v) is 3.36. The Morgan fingerprint density at radius 2 is 2.08 bits per heavy atom. The third-order valence-electron chi connectivity index (χ3n) is 1.12. The van der Waals surface area contributed by atoms with Crippen LogP contribution in [0, 0.1) is 9.52 Å². The summed E-state index contributed by atoms with van der Waals surface area (Å²) in [5, 5.41) is -0.345. The minimum Gasteiger partial charge on any atom is -0.236 e. The van der Waals surface area contributed by atoms with Crippen molar-refractivity contribution in [2.45, 2.75) is 6.43 Å². The molecular weight excluding hydrogens is 305 g/mol. The highest BCUT2D eigenvalue weighted by atomic mass is 127. The van der Waals surface area contributed by atoms with Gasteiger partial charge in [-0.15, -0.1) is 0 Å². The van der Waals surface area contributed by atoms with Gasteiger partial charge in [-0.05, 0) is 28.7 Å². The Hall–Kier alpha value is -0.0400. The highest BCUT2D eigenvalue weighted by Gasteiger charge is 2.16. The zero-order valence-electron chi connectivity index (χ0n) is 5.49. The topological polar surface area (TPSA) is 12.9 Å². The van der Waals surface area contributed by atoms with Crippen LogP contribution in [-0.2, 0) is 0 Å². The Morgan fingerprint density at radius 3 is 2.58 bits per heavy atom. The zero-order valence-corrected chi connectivity index (χ0v) is 8.41. The van der Waals surface area contributed by atoms with Crippen LogP contribution in [-0.4, -0.2) is 4.98 Å². The van der Waals surface area contributed by atoms with Gasteiger partial charge in [0.05, 0.1) is 5.02 Å². The zero-order chi connectivity index (χ0) is 9.30. The predicted octanol–water partition coefficient (Wildman–Crippen LogP) is 3.42. The van der Waals surface area contributed by atoms with Crippen molar-refractivity contribution in [1.82, 2.24) is 4.98 Å². The van der Waals surface area contributed by atoms with E-state index >= 15 is 0 Å². The Morgan fingerprint density at radius 1 is 1.50 bits per heavy atom. The van der Waals surface area contributed by atoms with Crippen molar-refractivity contribution in [2.75, 3.05) is 0 Å². The first-order chi connectivity index (χ1) is 5.52. The molecule has 12 heavy (non-hydrogen) atoms. The van der Waals surface area contributed by atoms with Crippen LogP contribution in [0.1, 0.15) is 12.1 Å². The van der Waals surface area contributed by atoms with Gasteiger partial charge in [-0.2, -0.15) is 0 Å². The Kier molecular flexibility index (Phi) is 3.16. The maximum atomic E-state index is 12.6. The third kappa shape index (κ3) is 2.01. The van der Waals surface area contributed by atoms with Gasteiger partial charge >= 0.3 is 0 Å². The van der Waals surface area contributed by atoms with Crippen LogP contribution >= 0.6 is 34.2 Å². The lowest BCUT2D eigenvalue weighted by Gasteiger charge is -2.02. The normalized spacial score (nSPS) is 10.8. The molecule has 1 nitrogen and oxygen atoms in total. The van der Waals surface area contributed by atoms with E-state index in [4.69, 9.17) is 11.6 Å². The Bertz CT molecular complexity index is 305. The standard InChI is InChI=1S/C6H2ClF3IN/c7-2-1-3(8)6(11)12-4(2)5(9)10/h1,5H. The van der Waals surface area contributed by atoms with Gasteiger partial charge < -0.3 is 0 Å². The molecule has 0 amide bonds. The molecule has 1 aromatic heterocycles. The van der Waals surface area contributed by atoms with Crippen LogP contribution in [0.25, 0.3) is 0 Å². The van der Waals surface area contributed by atoms with Crippen molar-refractivity contribution >= 4 is 34.2 Å². The van der Waals surface area contributed by atoms with E-state index in [0.29, 0.717) is 0 Å². The van der Waals surface area contributed by atoms with Gasteiger partial charge in [0.25, 0.3) is 6.43 Å². The summed E-state index contributed by atoms with van der Waals surface area (Å²) in [4.78, 5) is 3.30. The number of aromatic nitrogens is 1. The number of nitrogens with zero attached hydrogens (tertiary/aromatic N) is 1. The molecule has 0 atom stereocenters. The lowest BCUT2D eigenvalue weighted by Crippen LogP contribution is -1.96. The average Bonchev–Trinajstić information content (AvgIpc) is 1.96. The molecular formula is C6H2ClF3IN. The summed E-state index contributed by atoms with van der Waals surface area (Å²) in [5.74, 6) is -0.690. The predicted molar refractivity (Wildman–Crippen MR) is 46.9 cm³/mol. The largest absolute Gasteiger partial charge is 0.281 e. The van der Waals surface area contributed by atoms with Crippen LogP contribution in [0.4, 0.5) is 13.2 Å². The lowest BCUT2D eigenvalue weighted by molar-refractivity contribution is 0.146. The molecule has 0 fully saturated rings. The molecule has 1 heterocycles. The fourth-order valence-electron chi connectivity index (χ4n) is 0.610. The van der Waals surface area contributed by atoms with E-state index in [2.05, 4.69) is 4.98 Å². The van der Waals surface area contributed by atoms with Crippen molar-refractivity contribution in [3.05, 3.63) is 26.3 Å². The fourth-order valence-corrected chi connectivity index (χ4v) is 1.25. The molecule has 1 aromatic rings. The number of alkyl halides is 2. The van der Waals surface area contributed by atoms with Crippen molar-refractivity contribution < 1.29 is 13.2 Å². The lowest BCUT2D eigenvalue weighted by atomic mass is 10.3. The van der Waals surface area contributed by atoms with Gasteiger partial charge in [0, 0.05) is 0 Å². The van der Waals surface area contributed by atoms with Crippen LogP contribution in [0.3, 0.4) is 0 Å². The molecule has 0 unspecified atom stereocenters. The first-order valence-corrected chi connectivity index (χ1v) is 4.27. The number of hydrogen-bond donors (Lipinski definition) is 0. The van der Waals surface area contributed by atoms with E-state index in [0.717, 1.165) is 6.07 Å². The van der Waals surface area contributed by atoms with Crippen LogP contribution in [0.2, 0.25) is 5.02 Å². The molecule has 66 valence electrons. The molecule has 0 aliphatic rings. The van der Waals surface area contributed by atoms with Crippen molar-refractivity contribution in [3.63, 3.8) is 0 Å². The Balaban J connectivity index is 3.23. The summed E-state index contributed by atoms with van der Waals surface area (Å²) in [5.41, 5.74) is -0.581. The third-order valence-corrected chi connectivity index (χ3v) is 2.18. The molecule has 0 radical (unpaired) electrons. The summed E-state index contributed by atoms with van der Waals surface area (Å²) in [7, 11) is 0. The van der Waals surface area contributed by atoms with Gasteiger partial charge in [0.15, 0.2) is 5.82 Å². The maximum Gasteiger partial charge on any atom is 0.281 e. The minimum absolute atomic E-state index is 0.104. The maximum absolute atomic E-state index is 12.6. The average molecular weight is 307 g/mol. The van der Waals surface area contributed by atoms with Crippen molar-refractivity contribution in [1.29, 1.82) is 0 Å². The summed E-state index contributed by atoms with van der Waals surface area (Å²) in [6, 6.07) is 0.831. The van der Waals surface area contributed by atoms with Crippen LogP contribution < -0.4 is 0 Å². The first-order valence-electron chi connectivity index (χ1n) is 2.82. The quantitative estimate of drug-likeness (QED) is 0.572. The molecule has 0 aliphatic heterocycles. The monoisotopic (exact) mass is 307 g/mol. The van der Waals surface area contributed by atoms with Gasteiger partial charge in [0.1, 0.15) is 9.39 Å². The second-order valence-electron chi connectivity index (χ2n) is 1.93. The number of halogens is 5. The summed E-state index contributed by atoms with van der Waals surface area (Å²) in [6.45, 7) is 0. The van der Waals surface area contributed by atoms with Crippen molar-refractivity contribution in [2.24, 2.45) is 0 Å². The molecule has 0 bridgehead atoms. The smallest absolute Gasteiger partial charge is 0.236 e. The highest BCUT2D eigenvalue weighted by molar-refractivity contribution is 14.1. The molecule has 0 saturated carbocycles. The SMILES string of the molecule is Fc1cc(Cl)c(C(F)F)nc1I. The molecule has 0 spiro atoms. The van der Waals surface area contributed by atoms with Gasteiger partial charge in [-0.1, -0.05) is 11.6 Å². The molecule has 0 saturated heterocycles. The van der Waals surface area contributed by atoms with E-state index in [1.165, 1.54) is 22.6 Å². The highest BCUT2D eigenvalue weighted by Crippen LogP contribution is 2.26. The molecule has 0 aliphatic carbocycles. The summed E-state index contributed by atoms with van der Waals surface area (Å²) in [6.07, 6.45) is -2.77. The van der Waals surface area contributed by atoms with Gasteiger partial charge in [-0.3, -0.25) is 0 Å². The molecule has 6 heteroatoms. The van der Waals surface area contributed by atoms with E-state index in [1.54, 1.807) is 0 Å². The molecule has 1 rings (SSSR count). The summed E-state index contributed by atoms with van der Waals surface area (Å²) >= 11 is 6.83. The number of rotatable bonds is 1. The minimum atomic E-state index is -2.77. The molecule has 0 N–H and O–H groups in total. The first kappa shape index (κ1) is 10.0. The number of hydrogen-bond acceptors (Lipinski definition) is 1. The van der Waals surface area contributed by atoms with Crippen LogP contribution in [0.5, 0.6) is 0 Å².